The third kappa shape index (κ3) is 2.15. The van der Waals surface area contributed by atoms with Gasteiger partial charge < -0.3 is 9.63 Å². The van der Waals surface area contributed by atoms with Crippen LogP contribution in [-0.4, -0.2) is 25.2 Å². The van der Waals surface area contributed by atoms with Crippen LogP contribution in [-0.2, 0) is 0 Å². The van der Waals surface area contributed by atoms with Crippen molar-refractivity contribution in [2.45, 2.75) is 6.92 Å². The fourth-order valence-electron chi connectivity index (χ4n) is 1.66. The molecule has 19 heavy (non-hydrogen) atoms. The van der Waals surface area contributed by atoms with E-state index < -0.39 is 0 Å². The molecule has 0 aliphatic rings. The van der Waals surface area contributed by atoms with E-state index in [0.717, 1.165) is 5.56 Å². The Morgan fingerprint density at radius 1 is 1.11 bits per heavy atom. The van der Waals surface area contributed by atoms with Gasteiger partial charge >= 0.3 is 0 Å². The molecule has 2 heterocycles. The summed E-state index contributed by atoms with van der Waals surface area (Å²) in [5, 5.41) is 13.6. The molecular weight excluding hydrogens is 244 g/mol. The molecule has 0 unspecified atom stereocenters. The van der Waals surface area contributed by atoms with Gasteiger partial charge in [0.25, 0.3) is 5.89 Å². The average molecular weight is 254 g/mol. The number of hydrogen-bond acceptors (Lipinski definition) is 6. The van der Waals surface area contributed by atoms with Gasteiger partial charge in [0.15, 0.2) is 0 Å². The van der Waals surface area contributed by atoms with E-state index in [1.54, 1.807) is 36.7 Å². The Labute approximate surface area is 108 Å². The molecule has 0 fully saturated rings. The normalized spacial score (nSPS) is 10.6. The number of aromatic nitrogens is 4. The van der Waals surface area contributed by atoms with Gasteiger partial charge in [-0.3, -0.25) is 0 Å². The average Bonchev–Trinajstić information content (AvgIpc) is 2.92. The van der Waals surface area contributed by atoms with Crippen LogP contribution in [0.25, 0.3) is 23.1 Å². The Morgan fingerprint density at radius 3 is 2.68 bits per heavy atom. The molecule has 0 radical (unpaired) electrons. The number of nitrogens with zero attached hydrogens (tertiary/aromatic N) is 4. The van der Waals surface area contributed by atoms with Gasteiger partial charge in [-0.1, -0.05) is 16.8 Å². The summed E-state index contributed by atoms with van der Waals surface area (Å²) in [7, 11) is 0. The van der Waals surface area contributed by atoms with Crippen LogP contribution in [0, 0.1) is 6.92 Å². The number of phenolic OH excluding ortho intramolecular Hbond substituents is 1. The number of aromatic hydroxyl groups is 1. The van der Waals surface area contributed by atoms with Crippen LogP contribution in [0.5, 0.6) is 5.75 Å². The number of rotatable bonds is 2. The number of aryl methyl sites for hydroxylation is 1. The molecule has 0 spiro atoms. The van der Waals surface area contributed by atoms with Crippen molar-refractivity contribution in [2.24, 2.45) is 0 Å². The summed E-state index contributed by atoms with van der Waals surface area (Å²) in [6, 6.07) is 6.87. The molecule has 2 aromatic heterocycles. The SMILES string of the molecule is Cc1ccc(O)c(-c2nc(-c3ncccn3)no2)c1. The standard InChI is InChI=1S/C13H10N4O2/c1-8-3-4-10(18)9(7-8)13-16-12(17-19-13)11-14-5-2-6-15-11/h2-7,18H,1H3. The summed E-state index contributed by atoms with van der Waals surface area (Å²) < 4.78 is 5.14. The zero-order valence-corrected chi connectivity index (χ0v) is 10.1. The molecule has 0 aliphatic heterocycles. The molecule has 1 aromatic carbocycles. The first kappa shape index (κ1) is 11.3. The summed E-state index contributed by atoms with van der Waals surface area (Å²) in [4.78, 5) is 12.3. The topological polar surface area (TPSA) is 84.9 Å². The molecule has 0 bridgehead atoms. The van der Waals surface area contributed by atoms with Crippen molar-refractivity contribution in [2.75, 3.05) is 0 Å². The smallest absolute Gasteiger partial charge is 0.262 e. The largest absolute Gasteiger partial charge is 0.507 e. The highest BCUT2D eigenvalue weighted by Crippen LogP contribution is 2.29. The van der Waals surface area contributed by atoms with Crippen molar-refractivity contribution in [3.05, 3.63) is 42.2 Å². The summed E-state index contributed by atoms with van der Waals surface area (Å²) in [5.41, 5.74) is 1.48. The van der Waals surface area contributed by atoms with E-state index in [2.05, 4.69) is 20.1 Å². The van der Waals surface area contributed by atoms with Crippen LogP contribution in [0.4, 0.5) is 0 Å². The molecule has 0 amide bonds. The van der Waals surface area contributed by atoms with Crippen LogP contribution >= 0.6 is 0 Å². The lowest BCUT2D eigenvalue weighted by atomic mass is 10.1. The maximum atomic E-state index is 9.81. The maximum Gasteiger partial charge on any atom is 0.262 e. The summed E-state index contributed by atoms with van der Waals surface area (Å²) in [6.07, 6.45) is 3.20. The van der Waals surface area contributed by atoms with E-state index in [0.29, 0.717) is 11.4 Å². The van der Waals surface area contributed by atoms with Gasteiger partial charge in [-0.2, -0.15) is 4.98 Å². The van der Waals surface area contributed by atoms with Gasteiger partial charge in [0.05, 0.1) is 5.56 Å². The van der Waals surface area contributed by atoms with E-state index in [1.165, 1.54) is 0 Å². The maximum absolute atomic E-state index is 9.81. The highest BCUT2D eigenvalue weighted by atomic mass is 16.5. The molecule has 0 atom stereocenters. The lowest BCUT2D eigenvalue weighted by Crippen LogP contribution is -1.88. The number of benzene rings is 1. The molecule has 6 nitrogen and oxygen atoms in total. The van der Waals surface area contributed by atoms with Crippen LogP contribution in [0.15, 0.2) is 41.2 Å². The Hall–Kier alpha value is -2.76. The minimum Gasteiger partial charge on any atom is -0.507 e. The Morgan fingerprint density at radius 2 is 1.89 bits per heavy atom. The van der Waals surface area contributed by atoms with E-state index in [-0.39, 0.29) is 17.5 Å². The first-order chi connectivity index (χ1) is 9.24. The van der Waals surface area contributed by atoms with Gasteiger partial charge in [0, 0.05) is 12.4 Å². The van der Waals surface area contributed by atoms with Crippen LogP contribution < -0.4 is 0 Å². The van der Waals surface area contributed by atoms with Crippen molar-refractivity contribution >= 4 is 0 Å². The van der Waals surface area contributed by atoms with E-state index in [4.69, 9.17) is 4.52 Å². The number of hydrogen-bond donors (Lipinski definition) is 1. The van der Waals surface area contributed by atoms with E-state index in [9.17, 15) is 5.11 Å². The van der Waals surface area contributed by atoms with Crippen molar-refractivity contribution in [3.63, 3.8) is 0 Å². The summed E-state index contributed by atoms with van der Waals surface area (Å²) >= 11 is 0. The predicted octanol–water partition coefficient (Wildman–Crippen LogP) is 2.21. The van der Waals surface area contributed by atoms with Crippen molar-refractivity contribution in [1.29, 1.82) is 0 Å². The second-order valence-electron chi connectivity index (χ2n) is 4.02. The van der Waals surface area contributed by atoms with Crippen LogP contribution in [0.2, 0.25) is 0 Å². The van der Waals surface area contributed by atoms with Crippen LogP contribution in [0.1, 0.15) is 5.56 Å². The van der Waals surface area contributed by atoms with Gasteiger partial charge in [-0.15, -0.1) is 0 Å². The third-order valence-corrected chi connectivity index (χ3v) is 2.57. The minimum absolute atomic E-state index is 0.0924. The van der Waals surface area contributed by atoms with Crippen molar-refractivity contribution < 1.29 is 9.63 Å². The molecule has 0 saturated heterocycles. The van der Waals surface area contributed by atoms with Gasteiger partial charge in [0.1, 0.15) is 5.75 Å². The lowest BCUT2D eigenvalue weighted by Gasteiger charge is -1.99. The van der Waals surface area contributed by atoms with Gasteiger partial charge in [0.2, 0.25) is 11.6 Å². The molecule has 94 valence electrons. The molecule has 3 aromatic rings. The molecule has 1 N–H and O–H groups in total. The molecule has 0 aliphatic carbocycles. The predicted molar refractivity (Wildman–Crippen MR) is 67.2 cm³/mol. The van der Waals surface area contributed by atoms with Crippen molar-refractivity contribution in [3.8, 4) is 28.9 Å². The van der Waals surface area contributed by atoms with E-state index >= 15 is 0 Å². The van der Waals surface area contributed by atoms with Gasteiger partial charge in [-0.25, -0.2) is 9.97 Å². The fraction of sp³-hybridized carbons (Fsp3) is 0.0769. The Bertz CT molecular complexity index is 710. The second-order valence-corrected chi connectivity index (χ2v) is 4.02. The zero-order chi connectivity index (χ0) is 13.2. The first-order valence-electron chi connectivity index (χ1n) is 5.65. The Kier molecular flexibility index (Phi) is 2.68. The van der Waals surface area contributed by atoms with E-state index in [1.807, 2.05) is 6.92 Å². The molecular formula is C13H10N4O2. The molecule has 3 rings (SSSR count). The minimum atomic E-state index is 0.0924. The monoisotopic (exact) mass is 254 g/mol. The first-order valence-corrected chi connectivity index (χ1v) is 5.65. The second kappa shape index (κ2) is 4.49. The van der Waals surface area contributed by atoms with Gasteiger partial charge in [-0.05, 0) is 25.1 Å². The highest BCUT2D eigenvalue weighted by molar-refractivity contribution is 5.64. The quantitative estimate of drug-likeness (QED) is 0.754. The highest BCUT2D eigenvalue weighted by Gasteiger charge is 2.15. The lowest BCUT2D eigenvalue weighted by molar-refractivity contribution is 0.425. The fourth-order valence-corrected chi connectivity index (χ4v) is 1.66. The van der Waals surface area contributed by atoms with Crippen molar-refractivity contribution in [1.82, 2.24) is 20.1 Å². The Balaban J connectivity index is 2.04. The summed E-state index contributed by atoms with van der Waals surface area (Å²) in [5.74, 6) is 1.000. The molecule has 6 heteroatoms. The van der Waals surface area contributed by atoms with Crippen LogP contribution in [0.3, 0.4) is 0 Å². The third-order valence-electron chi connectivity index (χ3n) is 2.57. The molecule has 0 saturated carbocycles. The number of phenols is 1. The summed E-state index contributed by atoms with van der Waals surface area (Å²) in [6.45, 7) is 1.92. The zero-order valence-electron chi connectivity index (χ0n) is 10.1.